The van der Waals surface area contributed by atoms with Gasteiger partial charge in [-0.2, -0.15) is 0 Å². The lowest BCUT2D eigenvalue weighted by Gasteiger charge is -2.22. The number of unbranched alkanes of at least 4 members (excludes halogenated alkanes) is 1. The molecule has 1 rings (SSSR count). The van der Waals surface area contributed by atoms with E-state index < -0.39 is 0 Å². The fourth-order valence-corrected chi connectivity index (χ4v) is 1.68. The van der Waals surface area contributed by atoms with Gasteiger partial charge < -0.3 is 4.90 Å². The molecule has 1 nitrogen and oxygen atoms in total. The van der Waals surface area contributed by atoms with Crippen molar-refractivity contribution < 1.29 is 0 Å². The molecular formula is C14H21NS. The number of rotatable bonds is 4. The molecule has 0 saturated carbocycles. The lowest BCUT2D eigenvalue weighted by atomic mass is 10.1. The van der Waals surface area contributed by atoms with E-state index in [-0.39, 0.29) is 0 Å². The Morgan fingerprint density at radius 3 is 2.81 bits per heavy atom. The number of nitrogens with zero attached hydrogens (tertiary/aromatic N) is 1. The van der Waals surface area contributed by atoms with Gasteiger partial charge in [0, 0.05) is 18.1 Å². The van der Waals surface area contributed by atoms with E-state index in [4.69, 9.17) is 0 Å². The monoisotopic (exact) mass is 235 g/mol. The van der Waals surface area contributed by atoms with Gasteiger partial charge in [-0.15, -0.1) is 11.8 Å². The van der Waals surface area contributed by atoms with Gasteiger partial charge in [0.2, 0.25) is 0 Å². The first-order chi connectivity index (χ1) is 7.67. The normalized spacial score (nSPS) is 19.2. The van der Waals surface area contributed by atoms with Crippen molar-refractivity contribution in [1.82, 2.24) is 4.90 Å². The van der Waals surface area contributed by atoms with Gasteiger partial charge in [0.25, 0.3) is 0 Å². The van der Waals surface area contributed by atoms with E-state index in [9.17, 15) is 0 Å². The minimum atomic E-state index is 1.13. The Balaban J connectivity index is 2.88. The summed E-state index contributed by atoms with van der Waals surface area (Å²) in [6.45, 7) is 6.48. The molecule has 0 radical (unpaired) electrons. The van der Waals surface area contributed by atoms with Crippen molar-refractivity contribution in [3.8, 4) is 0 Å². The first-order valence-electron chi connectivity index (χ1n) is 5.74. The SMILES string of the molecule is CCC/C=C1\C=CC(C)=CN1/C=C(\C)SC. The minimum Gasteiger partial charge on any atom is -0.323 e. The summed E-state index contributed by atoms with van der Waals surface area (Å²) < 4.78 is 0. The van der Waals surface area contributed by atoms with Gasteiger partial charge in [0.15, 0.2) is 0 Å². The standard InChI is InChI=1S/C14H21NS/c1-5-6-7-14-9-8-12(2)10-15(14)11-13(3)16-4/h7-11H,5-6H2,1-4H3/b13-11+,14-7+. The summed E-state index contributed by atoms with van der Waals surface area (Å²) in [5, 5.41) is 0. The van der Waals surface area contributed by atoms with Crippen LogP contribution in [0.1, 0.15) is 33.6 Å². The molecule has 2 heteroatoms. The first kappa shape index (κ1) is 13.2. The van der Waals surface area contributed by atoms with Crippen LogP contribution in [-0.2, 0) is 0 Å². The maximum absolute atomic E-state index is 2.30. The molecule has 0 saturated heterocycles. The summed E-state index contributed by atoms with van der Waals surface area (Å²) >= 11 is 1.78. The summed E-state index contributed by atoms with van der Waals surface area (Å²) in [5.74, 6) is 0. The van der Waals surface area contributed by atoms with Gasteiger partial charge in [-0.3, -0.25) is 0 Å². The average molecular weight is 235 g/mol. The Labute approximate surface area is 104 Å². The predicted molar refractivity (Wildman–Crippen MR) is 75.0 cm³/mol. The summed E-state index contributed by atoms with van der Waals surface area (Å²) in [5.41, 5.74) is 2.57. The maximum atomic E-state index is 2.30. The Morgan fingerprint density at radius 2 is 2.19 bits per heavy atom. The van der Waals surface area contributed by atoms with Gasteiger partial charge in [0.05, 0.1) is 0 Å². The van der Waals surface area contributed by atoms with Crippen molar-refractivity contribution in [1.29, 1.82) is 0 Å². The average Bonchev–Trinajstić information content (AvgIpc) is 2.28. The molecule has 0 aromatic rings. The largest absolute Gasteiger partial charge is 0.323 e. The second kappa shape index (κ2) is 6.64. The number of thioether (sulfide) groups is 1. The first-order valence-corrected chi connectivity index (χ1v) is 6.97. The zero-order valence-corrected chi connectivity index (χ0v) is 11.5. The molecule has 0 N–H and O–H groups in total. The van der Waals surface area contributed by atoms with E-state index in [1.165, 1.54) is 22.6 Å². The number of hydrogen-bond acceptors (Lipinski definition) is 2. The van der Waals surface area contributed by atoms with Gasteiger partial charge >= 0.3 is 0 Å². The van der Waals surface area contributed by atoms with Crippen molar-refractivity contribution in [2.45, 2.75) is 33.6 Å². The summed E-state index contributed by atoms with van der Waals surface area (Å²) in [6, 6.07) is 0. The fourth-order valence-electron chi connectivity index (χ4n) is 1.47. The van der Waals surface area contributed by atoms with E-state index in [2.05, 4.69) is 62.6 Å². The third-order valence-corrected chi connectivity index (χ3v) is 3.19. The summed E-state index contributed by atoms with van der Waals surface area (Å²) in [7, 11) is 0. The van der Waals surface area contributed by atoms with Crippen LogP contribution in [0.2, 0.25) is 0 Å². The molecule has 0 fully saturated rings. The Kier molecular flexibility index (Phi) is 5.47. The van der Waals surface area contributed by atoms with Crippen LogP contribution in [0, 0.1) is 0 Å². The zero-order valence-electron chi connectivity index (χ0n) is 10.7. The Morgan fingerprint density at radius 1 is 1.44 bits per heavy atom. The Hall–Kier alpha value is -0.890. The fraction of sp³-hybridized carbons (Fsp3) is 0.429. The minimum absolute atomic E-state index is 1.13. The van der Waals surface area contributed by atoms with E-state index in [0.29, 0.717) is 0 Å². The van der Waals surface area contributed by atoms with E-state index in [1.54, 1.807) is 11.8 Å². The molecule has 0 aliphatic carbocycles. The maximum Gasteiger partial charge on any atom is 0.0409 e. The highest BCUT2D eigenvalue weighted by atomic mass is 32.2. The predicted octanol–water partition coefficient (Wildman–Crippen LogP) is 4.67. The highest BCUT2D eigenvalue weighted by Gasteiger charge is 2.06. The Bertz CT molecular complexity index is 348. The van der Waals surface area contributed by atoms with Crippen molar-refractivity contribution in [3.05, 3.63) is 46.8 Å². The number of allylic oxidation sites excluding steroid dienone is 5. The molecule has 0 bridgehead atoms. The lowest BCUT2D eigenvalue weighted by molar-refractivity contribution is 0.630. The molecule has 0 aromatic carbocycles. The van der Waals surface area contributed by atoms with Crippen LogP contribution >= 0.6 is 11.8 Å². The molecule has 1 heterocycles. The molecule has 0 aromatic heterocycles. The van der Waals surface area contributed by atoms with Crippen LogP contribution in [-0.4, -0.2) is 11.2 Å². The molecular weight excluding hydrogens is 214 g/mol. The highest BCUT2D eigenvalue weighted by molar-refractivity contribution is 8.02. The quantitative estimate of drug-likeness (QED) is 0.696. The molecule has 88 valence electrons. The summed E-state index contributed by atoms with van der Waals surface area (Å²) in [4.78, 5) is 3.54. The summed E-state index contributed by atoms with van der Waals surface area (Å²) in [6.07, 6.45) is 15.5. The lowest BCUT2D eigenvalue weighted by Crippen LogP contribution is -2.11. The second-order valence-corrected chi connectivity index (χ2v) is 5.03. The van der Waals surface area contributed by atoms with Crippen LogP contribution in [0.3, 0.4) is 0 Å². The third kappa shape index (κ3) is 3.93. The zero-order chi connectivity index (χ0) is 12.0. The molecule has 0 spiro atoms. The molecule has 1 aliphatic heterocycles. The van der Waals surface area contributed by atoms with Crippen LogP contribution in [0.5, 0.6) is 0 Å². The van der Waals surface area contributed by atoms with Gasteiger partial charge in [-0.05, 0) is 43.1 Å². The van der Waals surface area contributed by atoms with Crippen molar-refractivity contribution >= 4 is 11.8 Å². The van der Waals surface area contributed by atoms with Crippen LogP contribution < -0.4 is 0 Å². The van der Waals surface area contributed by atoms with Gasteiger partial charge in [-0.1, -0.05) is 25.5 Å². The molecule has 0 amide bonds. The van der Waals surface area contributed by atoms with E-state index >= 15 is 0 Å². The van der Waals surface area contributed by atoms with E-state index in [1.807, 2.05) is 0 Å². The second-order valence-electron chi connectivity index (χ2n) is 3.98. The third-order valence-electron chi connectivity index (χ3n) is 2.44. The van der Waals surface area contributed by atoms with Gasteiger partial charge in [0.1, 0.15) is 0 Å². The topological polar surface area (TPSA) is 3.24 Å². The van der Waals surface area contributed by atoms with E-state index in [0.717, 1.165) is 6.42 Å². The van der Waals surface area contributed by atoms with Crippen molar-refractivity contribution in [2.75, 3.05) is 6.26 Å². The van der Waals surface area contributed by atoms with Crippen LogP contribution in [0.15, 0.2) is 46.8 Å². The van der Waals surface area contributed by atoms with Crippen molar-refractivity contribution in [3.63, 3.8) is 0 Å². The molecule has 1 aliphatic rings. The number of hydrogen-bond donors (Lipinski definition) is 0. The van der Waals surface area contributed by atoms with Crippen molar-refractivity contribution in [2.24, 2.45) is 0 Å². The van der Waals surface area contributed by atoms with Crippen LogP contribution in [0.25, 0.3) is 0 Å². The molecule has 16 heavy (non-hydrogen) atoms. The van der Waals surface area contributed by atoms with Crippen LogP contribution in [0.4, 0.5) is 0 Å². The highest BCUT2D eigenvalue weighted by Crippen LogP contribution is 2.21. The molecule has 0 atom stereocenters. The van der Waals surface area contributed by atoms with Gasteiger partial charge in [-0.25, -0.2) is 0 Å². The molecule has 0 unspecified atom stereocenters. The smallest absolute Gasteiger partial charge is 0.0409 e.